The van der Waals surface area contributed by atoms with Crippen LogP contribution in [0.25, 0.3) is 0 Å². The highest BCUT2D eigenvalue weighted by molar-refractivity contribution is 5.78. The first-order valence-electron chi connectivity index (χ1n) is 3.82. The summed E-state index contributed by atoms with van der Waals surface area (Å²) < 4.78 is 28.2. The predicted octanol–water partition coefficient (Wildman–Crippen LogP) is 0.960. The Bertz CT molecular complexity index is 183. The van der Waals surface area contributed by atoms with Gasteiger partial charge in [0.2, 0.25) is 0 Å². The van der Waals surface area contributed by atoms with Gasteiger partial charge >= 0.3 is 6.43 Å². The average molecular weight is 193 g/mol. The van der Waals surface area contributed by atoms with Crippen molar-refractivity contribution < 1.29 is 18.3 Å². The topological polar surface area (TPSA) is 38.3 Å². The minimum absolute atomic E-state index is 0.0937. The summed E-state index contributed by atoms with van der Waals surface area (Å²) in [5.41, 5.74) is 0.847. The minimum atomic E-state index is -2.96. The lowest BCUT2D eigenvalue weighted by Gasteiger charge is -2.05. The Labute approximate surface area is 75.8 Å². The molecule has 0 aliphatic heterocycles. The first-order valence-corrected chi connectivity index (χ1v) is 3.82. The van der Waals surface area contributed by atoms with Gasteiger partial charge in [-0.1, -0.05) is 12.2 Å². The molecule has 1 amide bonds. The van der Waals surface area contributed by atoms with Gasteiger partial charge in [-0.15, -0.1) is 0 Å². The van der Waals surface area contributed by atoms with Gasteiger partial charge in [0, 0.05) is 6.54 Å². The molecule has 0 saturated heterocycles. The van der Waals surface area contributed by atoms with Crippen molar-refractivity contribution >= 4 is 5.91 Å². The Balaban J connectivity index is 3.26. The van der Waals surface area contributed by atoms with E-state index in [4.69, 9.17) is 4.74 Å². The van der Waals surface area contributed by atoms with Gasteiger partial charge in [-0.25, -0.2) is 0 Å². The normalized spacial score (nSPS) is 10.2. The molecule has 0 aliphatic rings. The van der Waals surface area contributed by atoms with Crippen LogP contribution in [0.5, 0.6) is 0 Å². The smallest absolute Gasteiger partial charge is 0.315 e. The molecule has 0 aromatic heterocycles. The van der Waals surface area contributed by atoms with Gasteiger partial charge in [-0.2, -0.15) is 8.78 Å². The van der Waals surface area contributed by atoms with Crippen molar-refractivity contribution in [3.63, 3.8) is 0 Å². The van der Waals surface area contributed by atoms with E-state index < -0.39 is 12.3 Å². The Morgan fingerprint density at radius 3 is 2.69 bits per heavy atom. The molecule has 0 bridgehead atoms. The zero-order valence-corrected chi connectivity index (χ0v) is 7.48. The third-order valence-corrected chi connectivity index (χ3v) is 1.09. The number of amides is 1. The maximum Gasteiger partial charge on any atom is 0.315 e. The molecule has 0 aliphatic carbocycles. The van der Waals surface area contributed by atoms with Gasteiger partial charge in [0.1, 0.15) is 0 Å². The molecule has 0 saturated carbocycles. The fourth-order valence-corrected chi connectivity index (χ4v) is 0.570. The second-order valence-electron chi connectivity index (χ2n) is 2.60. The fourth-order valence-electron chi connectivity index (χ4n) is 0.570. The number of halogens is 2. The minimum Gasteiger partial charge on any atom is -0.375 e. The monoisotopic (exact) mass is 193 g/mol. The summed E-state index contributed by atoms with van der Waals surface area (Å²) in [6.07, 6.45) is -2.96. The number of alkyl halides is 2. The SMILES string of the molecule is C=C(C)COCCNC(=O)C(F)F. The lowest BCUT2D eigenvalue weighted by Crippen LogP contribution is -2.32. The molecule has 0 aromatic rings. The maximum absolute atomic E-state index is 11.6. The zero-order chi connectivity index (χ0) is 10.3. The standard InChI is InChI=1S/C8H13F2NO2/c1-6(2)5-13-4-3-11-8(12)7(9)10/h7H,1,3-5H2,2H3,(H,11,12). The number of hydrogen-bond acceptors (Lipinski definition) is 2. The third-order valence-electron chi connectivity index (χ3n) is 1.09. The number of nitrogens with one attached hydrogen (secondary N) is 1. The van der Waals surface area contributed by atoms with Crippen molar-refractivity contribution in [3.05, 3.63) is 12.2 Å². The molecule has 5 heteroatoms. The molecule has 76 valence electrons. The summed E-state index contributed by atoms with van der Waals surface area (Å²) in [5.74, 6) is -1.26. The highest BCUT2D eigenvalue weighted by Gasteiger charge is 2.13. The van der Waals surface area contributed by atoms with Gasteiger partial charge in [0.05, 0.1) is 13.2 Å². The molecule has 3 nitrogen and oxygen atoms in total. The molecule has 0 fully saturated rings. The number of ether oxygens (including phenoxy) is 1. The molecule has 13 heavy (non-hydrogen) atoms. The molecule has 0 heterocycles. The van der Waals surface area contributed by atoms with E-state index in [-0.39, 0.29) is 13.2 Å². The van der Waals surface area contributed by atoms with E-state index >= 15 is 0 Å². The Morgan fingerprint density at radius 2 is 2.23 bits per heavy atom. The van der Waals surface area contributed by atoms with Crippen LogP contribution >= 0.6 is 0 Å². The highest BCUT2D eigenvalue weighted by Crippen LogP contribution is 1.90. The molecule has 0 aromatic carbocycles. The molecule has 0 rings (SSSR count). The van der Waals surface area contributed by atoms with Crippen LogP contribution in [0, 0.1) is 0 Å². The van der Waals surface area contributed by atoms with Crippen molar-refractivity contribution in [1.29, 1.82) is 0 Å². The number of carbonyl (C=O) groups excluding carboxylic acids is 1. The lowest BCUT2D eigenvalue weighted by molar-refractivity contribution is -0.131. The summed E-state index contributed by atoms with van der Waals surface area (Å²) in [5, 5.41) is 2.01. The summed E-state index contributed by atoms with van der Waals surface area (Å²) in [4.78, 5) is 10.3. The van der Waals surface area contributed by atoms with Crippen molar-refractivity contribution in [1.82, 2.24) is 5.32 Å². The van der Waals surface area contributed by atoms with E-state index in [1.165, 1.54) is 0 Å². The fraction of sp³-hybridized carbons (Fsp3) is 0.625. The van der Waals surface area contributed by atoms with E-state index in [0.717, 1.165) is 5.57 Å². The third kappa shape index (κ3) is 7.39. The van der Waals surface area contributed by atoms with Crippen LogP contribution in [0.2, 0.25) is 0 Å². The summed E-state index contributed by atoms with van der Waals surface area (Å²) in [6.45, 7) is 6.06. The Morgan fingerprint density at radius 1 is 1.62 bits per heavy atom. The van der Waals surface area contributed by atoms with Gasteiger partial charge in [-0.05, 0) is 6.92 Å². The van der Waals surface area contributed by atoms with Gasteiger partial charge in [0.25, 0.3) is 5.91 Å². The molecular formula is C8H13F2NO2. The molecule has 0 radical (unpaired) electrons. The number of carbonyl (C=O) groups is 1. The van der Waals surface area contributed by atoms with E-state index in [1.54, 1.807) is 6.92 Å². The van der Waals surface area contributed by atoms with Crippen molar-refractivity contribution in [2.45, 2.75) is 13.3 Å². The Hall–Kier alpha value is -0.970. The summed E-state index contributed by atoms with van der Waals surface area (Å²) >= 11 is 0. The molecule has 0 atom stereocenters. The van der Waals surface area contributed by atoms with Crippen LogP contribution in [0.1, 0.15) is 6.92 Å². The van der Waals surface area contributed by atoms with Crippen molar-refractivity contribution in [2.75, 3.05) is 19.8 Å². The van der Waals surface area contributed by atoms with Crippen molar-refractivity contribution in [2.24, 2.45) is 0 Å². The van der Waals surface area contributed by atoms with E-state index in [2.05, 4.69) is 6.58 Å². The molecule has 0 unspecified atom stereocenters. The second kappa shape index (κ2) is 6.54. The molecule has 1 N–H and O–H groups in total. The van der Waals surface area contributed by atoms with Crippen LogP contribution in [-0.2, 0) is 9.53 Å². The predicted molar refractivity (Wildman–Crippen MR) is 44.6 cm³/mol. The highest BCUT2D eigenvalue weighted by atomic mass is 19.3. The quantitative estimate of drug-likeness (QED) is 0.504. The lowest BCUT2D eigenvalue weighted by atomic mass is 10.4. The largest absolute Gasteiger partial charge is 0.375 e. The van der Waals surface area contributed by atoms with Crippen LogP contribution in [-0.4, -0.2) is 32.1 Å². The van der Waals surface area contributed by atoms with E-state index in [0.29, 0.717) is 6.61 Å². The van der Waals surface area contributed by atoms with E-state index in [9.17, 15) is 13.6 Å². The van der Waals surface area contributed by atoms with Gasteiger partial charge < -0.3 is 10.1 Å². The maximum atomic E-state index is 11.6. The average Bonchev–Trinajstić information content (AvgIpc) is 2.02. The Kier molecular flexibility index (Phi) is 6.05. The first kappa shape index (κ1) is 12.0. The molecular weight excluding hydrogens is 180 g/mol. The van der Waals surface area contributed by atoms with Gasteiger partial charge in [0.15, 0.2) is 0 Å². The number of rotatable bonds is 6. The van der Waals surface area contributed by atoms with Crippen molar-refractivity contribution in [3.8, 4) is 0 Å². The zero-order valence-electron chi connectivity index (χ0n) is 7.48. The second-order valence-corrected chi connectivity index (χ2v) is 2.60. The van der Waals surface area contributed by atoms with Gasteiger partial charge in [-0.3, -0.25) is 4.79 Å². The summed E-state index contributed by atoms with van der Waals surface area (Å²) in [6, 6.07) is 0. The van der Waals surface area contributed by atoms with Crippen LogP contribution in [0.4, 0.5) is 8.78 Å². The summed E-state index contributed by atoms with van der Waals surface area (Å²) in [7, 11) is 0. The van der Waals surface area contributed by atoms with Crippen LogP contribution in [0.3, 0.4) is 0 Å². The van der Waals surface area contributed by atoms with Crippen LogP contribution in [0.15, 0.2) is 12.2 Å². The first-order chi connectivity index (χ1) is 6.04. The van der Waals surface area contributed by atoms with E-state index in [1.807, 2.05) is 5.32 Å². The molecule has 0 spiro atoms. The van der Waals surface area contributed by atoms with Crippen LogP contribution < -0.4 is 5.32 Å². The number of hydrogen-bond donors (Lipinski definition) is 1.